The van der Waals surface area contributed by atoms with E-state index in [1.165, 1.54) is 4.90 Å². The molecule has 206 valence electrons. The SMILES string of the molecule is CC(C)(C)OC(=O)Nc1cn(-c2ccccc2)nc1NC(=O)c1ccc(CN(Cc2ccccc2)C(=O)O)cc1. The Labute approximate surface area is 232 Å². The van der Waals surface area contributed by atoms with Crippen LogP contribution in [0.25, 0.3) is 5.69 Å². The first kappa shape index (κ1) is 27.9. The quantitative estimate of drug-likeness (QED) is 0.246. The van der Waals surface area contributed by atoms with Gasteiger partial charge in [-0.25, -0.2) is 14.3 Å². The maximum atomic E-state index is 13.1. The number of ether oxygens (including phenoxy) is 1. The van der Waals surface area contributed by atoms with E-state index in [1.807, 2.05) is 60.7 Å². The highest BCUT2D eigenvalue weighted by Gasteiger charge is 2.21. The van der Waals surface area contributed by atoms with E-state index < -0.39 is 23.7 Å². The van der Waals surface area contributed by atoms with Crippen LogP contribution in [0.4, 0.5) is 21.1 Å². The third-order valence-corrected chi connectivity index (χ3v) is 5.68. The second-order valence-electron chi connectivity index (χ2n) is 10.1. The first-order chi connectivity index (χ1) is 19.1. The number of nitrogens with one attached hydrogen (secondary N) is 2. The molecule has 10 heteroatoms. The van der Waals surface area contributed by atoms with Crippen LogP contribution in [0.1, 0.15) is 42.3 Å². The molecule has 0 spiro atoms. The summed E-state index contributed by atoms with van der Waals surface area (Å²) in [6.45, 7) is 5.67. The number of aromatic nitrogens is 2. The molecule has 0 aliphatic rings. The van der Waals surface area contributed by atoms with Crippen molar-refractivity contribution in [2.45, 2.75) is 39.5 Å². The van der Waals surface area contributed by atoms with E-state index in [0.717, 1.165) is 16.8 Å². The molecule has 0 aliphatic heterocycles. The van der Waals surface area contributed by atoms with Crippen molar-refractivity contribution in [1.82, 2.24) is 14.7 Å². The maximum absolute atomic E-state index is 13.1. The lowest BCUT2D eigenvalue weighted by atomic mass is 10.1. The zero-order valence-corrected chi connectivity index (χ0v) is 22.5. The van der Waals surface area contributed by atoms with Gasteiger partial charge in [0, 0.05) is 18.7 Å². The molecule has 0 saturated heterocycles. The topological polar surface area (TPSA) is 126 Å². The minimum atomic E-state index is -1.04. The van der Waals surface area contributed by atoms with Crippen LogP contribution in [0.5, 0.6) is 0 Å². The summed E-state index contributed by atoms with van der Waals surface area (Å²) in [6, 6.07) is 25.2. The predicted octanol–water partition coefficient (Wildman–Crippen LogP) is 6.15. The van der Waals surface area contributed by atoms with Gasteiger partial charge in [0.05, 0.1) is 11.9 Å². The molecule has 40 heavy (non-hydrogen) atoms. The predicted molar refractivity (Wildman–Crippen MR) is 152 cm³/mol. The summed E-state index contributed by atoms with van der Waals surface area (Å²) in [5.41, 5.74) is 2.24. The number of para-hydroxylation sites is 1. The highest BCUT2D eigenvalue weighted by Crippen LogP contribution is 2.24. The van der Waals surface area contributed by atoms with Gasteiger partial charge in [0.25, 0.3) is 5.91 Å². The number of anilines is 2. The zero-order valence-electron chi connectivity index (χ0n) is 22.5. The standard InChI is InChI=1S/C30H31N5O5/c1-30(2,3)40-28(37)31-25-20-35(24-12-8-5-9-13-24)33-26(25)32-27(36)23-16-14-22(15-17-23)19-34(29(38)39)18-21-10-6-4-7-11-21/h4-17,20H,18-19H2,1-3H3,(H,31,37)(H,38,39)(H,32,33,36). The molecule has 3 aromatic carbocycles. The van der Waals surface area contributed by atoms with Gasteiger partial charge in [-0.2, -0.15) is 0 Å². The molecule has 0 bridgehead atoms. The van der Waals surface area contributed by atoms with E-state index in [9.17, 15) is 19.5 Å². The number of benzene rings is 3. The number of rotatable bonds is 8. The number of amides is 3. The molecule has 0 radical (unpaired) electrons. The van der Waals surface area contributed by atoms with Crippen molar-refractivity contribution in [2.24, 2.45) is 0 Å². The second kappa shape index (κ2) is 12.2. The van der Waals surface area contributed by atoms with Crippen LogP contribution in [0, 0.1) is 0 Å². The summed E-state index contributed by atoms with van der Waals surface area (Å²) >= 11 is 0. The van der Waals surface area contributed by atoms with Gasteiger partial charge in [0.2, 0.25) is 0 Å². The molecule has 0 unspecified atom stereocenters. The van der Waals surface area contributed by atoms with Crippen LogP contribution < -0.4 is 10.6 Å². The molecular formula is C30H31N5O5. The Bertz CT molecular complexity index is 1460. The Kier molecular flexibility index (Phi) is 8.48. The van der Waals surface area contributed by atoms with Gasteiger partial charge in [-0.15, -0.1) is 5.10 Å². The molecule has 1 aromatic heterocycles. The molecular weight excluding hydrogens is 510 g/mol. The highest BCUT2D eigenvalue weighted by atomic mass is 16.6. The smallest absolute Gasteiger partial charge is 0.412 e. The molecule has 3 N–H and O–H groups in total. The summed E-state index contributed by atoms with van der Waals surface area (Å²) in [6.07, 6.45) is -0.131. The fourth-order valence-corrected chi connectivity index (χ4v) is 3.84. The zero-order chi connectivity index (χ0) is 28.7. The average molecular weight is 542 g/mol. The van der Waals surface area contributed by atoms with Gasteiger partial charge in [-0.3, -0.25) is 15.0 Å². The van der Waals surface area contributed by atoms with Gasteiger partial charge >= 0.3 is 12.2 Å². The van der Waals surface area contributed by atoms with Crippen molar-refractivity contribution in [3.8, 4) is 5.69 Å². The lowest BCUT2D eigenvalue weighted by Gasteiger charge is -2.19. The Morgan fingerprint density at radius 2 is 1.43 bits per heavy atom. The van der Waals surface area contributed by atoms with Crippen LogP contribution in [-0.2, 0) is 17.8 Å². The van der Waals surface area contributed by atoms with Crippen LogP contribution >= 0.6 is 0 Å². The van der Waals surface area contributed by atoms with Crippen molar-refractivity contribution in [1.29, 1.82) is 0 Å². The lowest BCUT2D eigenvalue weighted by Crippen LogP contribution is -2.28. The van der Waals surface area contributed by atoms with Crippen molar-refractivity contribution >= 4 is 29.6 Å². The van der Waals surface area contributed by atoms with Crippen molar-refractivity contribution in [3.63, 3.8) is 0 Å². The monoisotopic (exact) mass is 541 g/mol. The number of hydrogen-bond donors (Lipinski definition) is 3. The van der Waals surface area contributed by atoms with Crippen molar-refractivity contribution in [3.05, 3.63) is 108 Å². The van der Waals surface area contributed by atoms with Gasteiger partial charge < -0.3 is 15.2 Å². The largest absolute Gasteiger partial charge is 0.465 e. The second-order valence-corrected chi connectivity index (χ2v) is 10.1. The van der Waals surface area contributed by atoms with Gasteiger partial charge in [-0.05, 0) is 56.2 Å². The number of carboxylic acid groups (broad SMARTS) is 1. The van der Waals surface area contributed by atoms with E-state index in [4.69, 9.17) is 4.74 Å². The Balaban J connectivity index is 1.49. The van der Waals surface area contributed by atoms with Crippen LogP contribution in [0.3, 0.4) is 0 Å². The Hall–Kier alpha value is -5.12. The molecule has 4 rings (SSSR count). The number of nitrogens with zero attached hydrogens (tertiary/aromatic N) is 3. The van der Waals surface area contributed by atoms with E-state index in [1.54, 1.807) is 55.9 Å². The summed E-state index contributed by atoms with van der Waals surface area (Å²) in [5, 5.41) is 19.5. The van der Waals surface area contributed by atoms with Gasteiger partial charge in [0.1, 0.15) is 11.3 Å². The van der Waals surface area contributed by atoms with E-state index in [-0.39, 0.29) is 24.6 Å². The van der Waals surface area contributed by atoms with Crippen molar-refractivity contribution in [2.75, 3.05) is 10.6 Å². The number of carbonyl (C=O) groups excluding carboxylic acids is 2. The maximum Gasteiger partial charge on any atom is 0.412 e. The first-order valence-electron chi connectivity index (χ1n) is 12.6. The van der Waals surface area contributed by atoms with Gasteiger partial charge in [-0.1, -0.05) is 60.7 Å². The Morgan fingerprint density at radius 1 is 0.850 bits per heavy atom. The summed E-state index contributed by atoms with van der Waals surface area (Å²) in [4.78, 5) is 38.6. The molecule has 1 heterocycles. The summed E-state index contributed by atoms with van der Waals surface area (Å²) in [5.74, 6) is -0.305. The molecule has 4 aromatic rings. The molecule has 10 nitrogen and oxygen atoms in total. The minimum absolute atomic E-state index is 0.142. The van der Waals surface area contributed by atoms with Crippen LogP contribution in [0.15, 0.2) is 91.1 Å². The van der Waals surface area contributed by atoms with Crippen LogP contribution in [-0.4, -0.2) is 43.5 Å². The third-order valence-electron chi connectivity index (χ3n) is 5.68. The molecule has 0 fully saturated rings. The molecule has 3 amide bonds. The van der Waals surface area contributed by atoms with Gasteiger partial charge in [0.15, 0.2) is 5.82 Å². The minimum Gasteiger partial charge on any atom is -0.465 e. The fourth-order valence-electron chi connectivity index (χ4n) is 3.84. The average Bonchev–Trinajstić information content (AvgIpc) is 3.30. The van der Waals surface area contributed by atoms with E-state index in [2.05, 4.69) is 15.7 Å². The highest BCUT2D eigenvalue weighted by molar-refractivity contribution is 6.06. The number of carbonyl (C=O) groups is 3. The normalized spacial score (nSPS) is 11.0. The molecule has 0 saturated carbocycles. The lowest BCUT2D eigenvalue weighted by molar-refractivity contribution is 0.0635. The number of hydrogen-bond acceptors (Lipinski definition) is 5. The van der Waals surface area contributed by atoms with E-state index >= 15 is 0 Å². The fraction of sp³-hybridized carbons (Fsp3) is 0.200. The van der Waals surface area contributed by atoms with E-state index in [0.29, 0.717) is 5.56 Å². The van der Waals surface area contributed by atoms with Crippen LogP contribution in [0.2, 0.25) is 0 Å². The Morgan fingerprint density at radius 3 is 2.00 bits per heavy atom. The molecule has 0 aliphatic carbocycles. The summed E-state index contributed by atoms with van der Waals surface area (Å²) in [7, 11) is 0. The first-order valence-corrected chi connectivity index (χ1v) is 12.6. The molecule has 0 atom stereocenters. The summed E-state index contributed by atoms with van der Waals surface area (Å²) < 4.78 is 6.90. The third kappa shape index (κ3) is 7.70. The van der Waals surface area contributed by atoms with Crippen molar-refractivity contribution < 1.29 is 24.2 Å².